The van der Waals surface area contributed by atoms with Crippen LogP contribution >= 0.6 is 0 Å². The number of rotatable bonds is 4. The van der Waals surface area contributed by atoms with Gasteiger partial charge in [-0.25, -0.2) is 9.97 Å². The number of carbonyl (C=O) groups excluding carboxylic acids is 1. The van der Waals surface area contributed by atoms with E-state index < -0.39 is 0 Å². The first-order valence-corrected chi connectivity index (χ1v) is 12.4. The first-order valence-electron chi connectivity index (χ1n) is 12.4. The van der Waals surface area contributed by atoms with Crippen molar-refractivity contribution >= 4 is 22.6 Å². The van der Waals surface area contributed by atoms with Crippen LogP contribution in [0.5, 0.6) is 0 Å². The van der Waals surface area contributed by atoms with Crippen molar-refractivity contribution in [3.63, 3.8) is 0 Å². The van der Waals surface area contributed by atoms with E-state index in [0.29, 0.717) is 12.2 Å². The summed E-state index contributed by atoms with van der Waals surface area (Å²) in [7, 11) is 0. The van der Waals surface area contributed by atoms with Gasteiger partial charge in [0.2, 0.25) is 0 Å². The van der Waals surface area contributed by atoms with Gasteiger partial charge in [-0.1, -0.05) is 11.6 Å². The number of fused-ring (bicyclic) bond motifs is 2. The molecule has 6 rings (SSSR count). The second-order valence-corrected chi connectivity index (χ2v) is 10.2. The van der Waals surface area contributed by atoms with Crippen LogP contribution in [0, 0.1) is 19.8 Å². The topological polar surface area (TPSA) is 78.0 Å². The molecule has 7 nitrogen and oxygen atoms in total. The van der Waals surface area contributed by atoms with Gasteiger partial charge in [0.1, 0.15) is 11.6 Å². The number of hydrogen-bond acceptors (Lipinski definition) is 5. The van der Waals surface area contributed by atoms with Crippen LogP contribution in [0.25, 0.3) is 10.9 Å². The maximum absolute atomic E-state index is 13.4. The number of nitrogens with one attached hydrogen (secondary N) is 1. The maximum Gasteiger partial charge on any atom is 0.275 e. The van der Waals surface area contributed by atoms with Gasteiger partial charge in [-0.2, -0.15) is 5.10 Å². The number of aryl methyl sites for hydroxylation is 2. The number of aromatic amines is 1. The van der Waals surface area contributed by atoms with Crippen molar-refractivity contribution in [2.75, 3.05) is 31.1 Å². The molecule has 2 aliphatic heterocycles. The van der Waals surface area contributed by atoms with E-state index in [0.717, 1.165) is 78.6 Å². The van der Waals surface area contributed by atoms with Crippen LogP contribution in [0.15, 0.2) is 18.2 Å². The van der Waals surface area contributed by atoms with Gasteiger partial charge in [-0.05, 0) is 70.4 Å². The number of amides is 1. The molecule has 0 radical (unpaired) electrons. The number of carbonyl (C=O) groups is 1. The third-order valence-electron chi connectivity index (χ3n) is 7.53. The van der Waals surface area contributed by atoms with E-state index in [1.54, 1.807) is 0 Å². The van der Waals surface area contributed by atoms with E-state index in [2.05, 4.69) is 22.0 Å². The van der Waals surface area contributed by atoms with E-state index in [1.807, 2.05) is 30.0 Å². The van der Waals surface area contributed by atoms with E-state index >= 15 is 0 Å². The lowest BCUT2D eigenvalue weighted by atomic mass is 9.95. The molecule has 0 spiro atoms. The highest BCUT2D eigenvalue weighted by Crippen LogP contribution is 2.36. The average Bonchev–Trinajstić information content (AvgIpc) is 3.55. The highest BCUT2D eigenvalue weighted by Gasteiger charge is 2.32. The molecular formula is C26H32N6O. The molecule has 1 aliphatic carbocycles. The third kappa shape index (κ3) is 3.87. The number of piperidine rings is 1. The van der Waals surface area contributed by atoms with Crippen molar-refractivity contribution in [2.45, 2.75) is 58.3 Å². The van der Waals surface area contributed by atoms with E-state index in [9.17, 15) is 4.79 Å². The van der Waals surface area contributed by atoms with Gasteiger partial charge in [0.15, 0.2) is 5.69 Å². The van der Waals surface area contributed by atoms with E-state index in [-0.39, 0.29) is 11.8 Å². The number of hydrogen-bond donors (Lipinski definition) is 1. The maximum atomic E-state index is 13.4. The summed E-state index contributed by atoms with van der Waals surface area (Å²) < 4.78 is 0. The van der Waals surface area contributed by atoms with Crippen LogP contribution in [0.4, 0.5) is 5.82 Å². The summed E-state index contributed by atoms with van der Waals surface area (Å²) in [5.74, 6) is 3.08. The number of anilines is 1. The Morgan fingerprint density at radius 1 is 1.12 bits per heavy atom. The molecule has 0 unspecified atom stereocenters. The minimum absolute atomic E-state index is 0.00147. The molecule has 0 bridgehead atoms. The molecule has 1 aromatic carbocycles. The van der Waals surface area contributed by atoms with Crippen LogP contribution in [-0.2, 0) is 6.42 Å². The van der Waals surface area contributed by atoms with Crippen molar-refractivity contribution in [1.29, 1.82) is 0 Å². The largest absolute Gasteiger partial charge is 0.356 e. The number of nitrogens with zero attached hydrogens (tertiary/aromatic N) is 5. The minimum atomic E-state index is 0.00147. The van der Waals surface area contributed by atoms with Crippen LogP contribution < -0.4 is 4.90 Å². The van der Waals surface area contributed by atoms with Crippen LogP contribution in [0.3, 0.4) is 0 Å². The number of aromatic nitrogens is 4. The van der Waals surface area contributed by atoms with Crippen LogP contribution in [0.1, 0.15) is 71.2 Å². The Morgan fingerprint density at radius 3 is 2.85 bits per heavy atom. The first kappa shape index (κ1) is 20.6. The molecule has 1 saturated heterocycles. The smallest absolute Gasteiger partial charge is 0.275 e. The summed E-state index contributed by atoms with van der Waals surface area (Å²) in [5.41, 5.74) is 5.00. The van der Waals surface area contributed by atoms with E-state index in [4.69, 9.17) is 9.97 Å². The Labute approximate surface area is 194 Å². The van der Waals surface area contributed by atoms with E-state index in [1.165, 1.54) is 24.8 Å². The van der Waals surface area contributed by atoms with Gasteiger partial charge in [0.25, 0.3) is 5.91 Å². The summed E-state index contributed by atoms with van der Waals surface area (Å²) in [6, 6.07) is 6.07. The summed E-state index contributed by atoms with van der Waals surface area (Å²) in [6.45, 7) is 7.81. The zero-order valence-electron chi connectivity index (χ0n) is 19.6. The molecule has 1 N–H and O–H groups in total. The van der Waals surface area contributed by atoms with Crippen molar-refractivity contribution in [3.05, 3.63) is 46.5 Å². The summed E-state index contributed by atoms with van der Waals surface area (Å²) in [5, 5.41) is 8.29. The fourth-order valence-corrected chi connectivity index (χ4v) is 5.49. The number of benzene rings is 1. The van der Waals surface area contributed by atoms with Gasteiger partial charge in [0, 0.05) is 48.7 Å². The summed E-state index contributed by atoms with van der Waals surface area (Å²) >= 11 is 0. The van der Waals surface area contributed by atoms with Gasteiger partial charge in [0.05, 0.1) is 5.52 Å². The number of likely N-dealkylation sites (tertiary alicyclic amines) is 1. The lowest BCUT2D eigenvalue weighted by molar-refractivity contribution is 0.0700. The molecule has 4 heterocycles. The van der Waals surface area contributed by atoms with Crippen molar-refractivity contribution in [3.8, 4) is 0 Å². The van der Waals surface area contributed by atoms with Crippen molar-refractivity contribution in [1.82, 2.24) is 25.1 Å². The van der Waals surface area contributed by atoms with Gasteiger partial charge < -0.3 is 9.80 Å². The molecule has 33 heavy (non-hydrogen) atoms. The standard InChI is InChI=1S/C26H32N6O/c1-16-7-10-22-21(13-16)23(30-29-22)26(33)32-12-3-5-19(15-32)24-27-17(2)20-6-4-11-31(25(20)28-24)14-18-8-9-18/h7,10,13,18-19H,3-6,8-9,11-12,14-15H2,1-2H3,(H,29,30)/t19-/m0/s1. The second kappa shape index (κ2) is 8.12. The van der Waals surface area contributed by atoms with Crippen LogP contribution in [0.2, 0.25) is 0 Å². The monoisotopic (exact) mass is 444 g/mol. The quantitative estimate of drug-likeness (QED) is 0.654. The van der Waals surface area contributed by atoms with Gasteiger partial charge in [-0.3, -0.25) is 9.89 Å². The molecule has 172 valence electrons. The Hall–Kier alpha value is -2.96. The predicted octanol–water partition coefficient (Wildman–Crippen LogP) is 4.15. The highest BCUT2D eigenvalue weighted by atomic mass is 16.2. The SMILES string of the molecule is Cc1ccc2[nH]nc(C(=O)N3CCC[C@H](c4nc(C)c5c(n4)N(CC4CC4)CCC5)C3)c2c1. The zero-order valence-corrected chi connectivity index (χ0v) is 19.6. The summed E-state index contributed by atoms with van der Waals surface area (Å²) in [4.78, 5) is 28.0. The zero-order chi connectivity index (χ0) is 22.5. The fourth-order valence-electron chi connectivity index (χ4n) is 5.49. The molecule has 7 heteroatoms. The molecule has 1 saturated carbocycles. The molecule has 1 atom stereocenters. The normalized spacial score (nSPS) is 20.8. The lowest BCUT2D eigenvalue weighted by Gasteiger charge is -2.34. The summed E-state index contributed by atoms with van der Waals surface area (Å²) in [6.07, 6.45) is 6.94. The lowest BCUT2D eigenvalue weighted by Crippen LogP contribution is -2.40. The number of H-pyrrole nitrogens is 1. The van der Waals surface area contributed by atoms with Crippen molar-refractivity contribution < 1.29 is 4.79 Å². The molecule has 3 aromatic rings. The predicted molar refractivity (Wildman–Crippen MR) is 129 cm³/mol. The molecule has 1 amide bonds. The fraction of sp³-hybridized carbons (Fsp3) is 0.538. The minimum Gasteiger partial charge on any atom is -0.356 e. The Morgan fingerprint density at radius 2 is 2.00 bits per heavy atom. The van der Waals surface area contributed by atoms with Gasteiger partial charge >= 0.3 is 0 Å². The Kier molecular flexibility index (Phi) is 5.07. The molecular weight excluding hydrogens is 412 g/mol. The third-order valence-corrected chi connectivity index (χ3v) is 7.53. The average molecular weight is 445 g/mol. The molecule has 3 aliphatic rings. The highest BCUT2D eigenvalue weighted by molar-refractivity contribution is 6.04. The molecule has 2 fully saturated rings. The molecule has 2 aromatic heterocycles. The Bertz CT molecular complexity index is 1210. The van der Waals surface area contributed by atoms with Gasteiger partial charge in [-0.15, -0.1) is 0 Å². The second-order valence-electron chi connectivity index (χ2n) is 10.2. The Balaban J connectivity index is 1.26. The van der Waals surface area contributed by atoms with Crippen LogP contribution in [-0.4, -0.2) is 57.2 Å². The first-order chi connectivity index (χ1) is 16.1. The van der Waals surface area contributed by atoms with Crippen molar-refractivity contribution in [2.24, 2.45) is 5.92 Å².